The summed E-state index contributed by atoms with van der Waals surface area (Å²) in [6, 6.07) is 0. The molecule has 0 spiro atoms. The minimum Gasteiger partial charge on any atom is -0.469 e. The molecule has 0 saturated carbocycles. The van der Waals surface area contributed by atoms with E-state index in [9.17, 15) is 4.79 Å². The molecule has 90 valence electrons. The number of carbonyl (C=O) groups is 1. The number of esters is 1. The third-order valence-electron chi connectivity index (χ3n) is 2.03. The van der Waals surface area contributed by atoms with E-state index in [1.54, 1.807) is 14.2 Å². The van der Waals surface area contributed by atoms with Crippen molar-refractivity contribution in [1.82, 2.24) is 5.32 Å². The molecular weight excluding hydrogens is 198 g/mol. The largest absolute Gasteiger partial charge is 0.469 e. The summed E-state index contributed by atoms with van der Waals surface area (Å²) in [5.74, 6) is -0.223. The van der Waals surface area contributed by atoms with E-state index in [4.69, 9.17) is 9.47 Å². The van der Waals surface area contributed by atoms with Crippen molar-refractivity contribution in [3.8, 4) is 0 Å². The number of rotatable bonds is 8. The van der Waals surface area contributed by atoms with Gasteiger partial charge in [0, 0.05) is 20.8 Å². The van der Waals surface area contributed by atoms with Gasteiger partial charge >= 0.3 is 5.97 Å². The van der Waals surface area contributed by atoms with E-state index < -0.39 is 0 Å². The van der Waals surface area contributed by atoms with Crippen LogP contribution in [0.25, 0.3) is 0 Å². The molecule has 0 unspecified atom stereocenters. The summed E-state index contributed by atoms with van der Waals surface area (Å²) < 4.78 is 14.7. The summed E-state index contributed by atoms with van der Waals surface area (Å²) in [5.41, 5.74) is -0.266. The van der Waals surface area contributed by atoms with Gasteiger partial charge in [0.25, 0.3) is 0 Å². The first-order valence-corrected chi connectivity index (χ1v) is 4.87. The van der Waals surface area contributed by atoms with Gasteiger partial charge in [0.15, 0.2) is 0 Å². The summed E-state index contributed by atoms with van der Waals surface area (Å²) in [5, 5.41) is 3.21. The maximum Gasteiger partial charge on any atom is 0.306 e. The molecule has 0 aliphatic heterocycles. The minimum absolute atomic E-state index is 0.223. The van der Waals surface area contributed by atoms with Crippen LogP contribution in [-0.4, -0.2) is 52.6 Å². The van der Waals surface area contributed by atoms with Gasteiger partial charge in [-0.3, -0.25) is 4.79 Å². The molecule has 0 aromatic rings. The highest BCUT2D eigenvalue weighted by molar-refractivity contribution is 5.69. The summed E-state index contributed by atoms with van der Waals surface area (Å²) in [4.78, 5) is 10.9. The van der Waals surface area contributed by atoms with Crippen LogP contribution in [-0.2, 0) is 19.0 Å². The third-order valence-corrected chi connectivity index (χ3v) is 2.03. The number of ether oxygens (including phenoxy) is 3. The number of hydrogen-bond acceptors (Lipinski definition) is 5. The van der Waals surface area contributed by atoms with Crippen molar-refractivity contribution in [2.24, 2.45) is 0 Å². The van der Waals surface area contributed by atoms with Crippen molar-refractivity contribution in [2.45, 2.75) is 18.9 Å². The van der Waals surface area contributed by atoms with Crippen LogP contribution in [0, 0.1) is 0 Å². The van der Waals surface area contributed by atoms with E-state index in [1.807, 2.05) is 6.92 Å². The van der Waals surface area contributed by atoms with Crippen LogP contribution >= 0.6 is 0 Å². The lowest BCUT2D eigenvalue weighted by atomic mass is 10.1. The Kier molecular flexibility index (Phi) is 7.29. The molecule has 0 aliphatic carbocycles. The third kappa shape index (κ3) is 6.43. The molecule has 0 amide bonds. The van der Waals surface area contributed by atoms with Crippen molar-refractivity contribution < 1.29 is 19.0 Å². The quantitative estimate of drug-likeness (QED) is 0.591. The lowest BCUT2D eigenvalue weighted by Gasteiger charge is -2.29. The fourth-order valence-electron chi connectivity index (χ4n) is 1.35. The van der Waals surface area contributed by atoms with E-state index in [1.165, 1.54) is 7.11 Å². The molecule has 1 N–H and O–H groups in total. The highest BCUT2D eigenvalue weighted by atomic mass is 16.5. The first kappa shape index (κ1) is 14.3. The van der Waals surface area contributed by atoms with Crippen molar-refractivity contribution in [1.29, 1.82) is 0 Å². The normalized spacial score (nSPS) is 11.5. The fourth-order valence-corrected chi connectivity index (χ4v) is 1.35. The zero-order chi connectivity index (χ0) is 11.7. The standard InChI is InChI=1S/C10H21NO4/c1-10(7-13-2,8-14-3)11-6-5-9(12)15-4/h11H,5-8H2,1-4H3. The Hall–Kier alpha value is -0.650. The lowest BCUT2D eigenvalue weighted by molar-refractivity contribution is -0.140. The molecule has 0 saturated heterocycles. The van der Waals surface area contributed by atoms with Gasteiger partial charge in [-0.1, -0.05) is 0 Å². The zero-order valence-corrected chi connectivity index (χ0v) is 9.96. The smallest absolute Gasteiger partial charge is 0.306 e. The molecule has 0 bridgehead atoms. The number of hydrogen-bond donors (Lipinski definition) is 1. The predicted octanol–water partition coefficient (Wildman–Crippen LogP) is 0.191. The molecule has 0 aliphatic rings. The highest BCUT2D eigenvalue weighted by Crippen LogP contribution is 2.04. The average Bonchev–Trinajstić information content (AvgIpc) is 2.18. The van der Waals surface area contributed by atoms with Crippen LogP contribution in [0.4, 0.5) is 0 Å². The molecule has 0 heterocycles. The zero-order valence-electron chi connectivity index (χ0n) is 9.96. The molecule has 0 radical (unpaired) electrons. The summed E-state index contributed by atoms with van der Waals surface area (Å²) >= 11 is 0. The Balaban J connectivity index is 3.89. The van der Waals surface area contributed by atoms with Crippen molar-refractivity contribution in [3.63, 3.8) is 0 Å². The van der Waals surface area contributed by atoms with Crippen LogP contribution in [0.2, 0.25) is 0 Å². The van der Waals surface area contributed by atoms with Crippen LogP contribution in [0.1, 0.15) is 13.3 Å². The van der Waals surface area contributed by atoms with Crippen LogP contribution in [0.3, 0.4) is 0 Å². The monoisotopic (exact) mass is 219 g/mol. The van der Waals surface area contributed by atoms with Crippen molar-refractivity contribution in [2.75, 3.05) is 41.1 Å². The van der Waals surface area contributed by atoms with E-state index in [2.05, 4.69) is 10.1 Å². The Morgan fingerprint density at radius 2 is 1.73 bits per heavy atom. The Labute approximate surface area is 91.1 Å². The van der Waals surface area contributed by atoms with E-state index in [-0.39, 0.29) is 11.5 Å². The maximum absolute atomic E-state index is 10.9. The van der Waals surface area contributed by atoms with Crippen LogP contribution < -0.4 is 5.32 Å². The van der Waals surface area contributed by atoms with E-state index >= 15 is 0 Å². The number of nitrogens with one attached hydrogen (secondary N) is 1. The summed E-state index contributed by atoms with van der Waals surface area (Å²) in [6.07, 6.45) is 0.347. The Morgan fingerprint density at radius 3 is 2.13 bits per heavy atom. The summed E-state index contributed by atoms with van der Waals surface area (Å²) in [7, 11) is 4.65. The number of methoxy groups -OCH3 is 3. The van der Waals surface area contributed by atoms with Crippen molar-refractivity contribution in [3.05, 3.63) is 0 Å². The first-order chi connectivity index (χ1) is 7.08. The first-order valence-electron chi connectivity index (χ1n) is 4.87. The van der Waals surface area contributed by atoms with E-state index in [0.717, 1.165) is 0 Å². The minimum atomic E-state index is -0.266. The van der Waals surface area contributed by atoms with Gasteiger partial charge in [-0.05, 0) is 6.92 Å². The Morgan fingerprint density at radius 1 is 1.20 bits per heavy atom. The second kappa shape index (κ2) is 7.62. The van der Waals surface area contributed by atoms with E-state index in [0.29, 0.717) is 26.2 Å². The highest BCUT2D eigenvalue weighted by Gasteiger charge is 2.23. The lowest BCUT2D eigenvalue weighted by Crippen LogP contribution is -2.50. The molecule has 15 heavy (non-hydrogen) atoms. The van der Waals surface area contributed by atoms with Gasteiger partial charge in [0.1, 0.15) is 0 Å². The molecule has 5 heteroatoms. The number of carbonyl (C=O) groups excluding carboxylic acids is 1. The second-order valence-electron chi connectivity index (χ2n) is 3.68. The molecule has 0 aromatic heterocycles. The Bertz CT molecular complexity index is 178. The predicted molar refractivity (Wildman–Crippen MR) is 56.8 cm³/mol. The molecule has 0 fully saturated rings. The van der Waals surface area contributed by atoms with Crippen LogP contribution in [0.15, 0.2) is 0 Å². The fraction of sp³-hybridized carbons (Fsp3) is 0.900. The molecule has 0 aromatic carbocycles. The van der Waals surface area contributed by atoms with Gasteiger partial charge < -0.3 is 19.5 Å². The molecule has 0 atom stereocenters. The maximum atomic E-state index is 10.9. The second-order valence-corrected chi connectivity index (χ2v) is 3.68. The van der Waals surface area contributed by atoms with Gasteiger partial charge in [0.05, 0.1) is 32.3 Å². The van der Waals surface area contributed by atoms with Crippen LogP contribution in [0.5, 0.6) is 0 Å². The summed E-state index contributed by atoms with van der Waals surface area (Å²) in [6.45, 7) is 3.59. The van der Waals surface area contributed by atoms with Gasteiger partial charge in [-0.2, -0.15) is 0 Å². The molecular formula is C10H21NO4. The van der Waals surface area contributed by atoms with Crippen molar-refractivity contribution >= 4 is 5.97 Å². The SMILES string of the molecule is COCC(C)(COC)NCCC(=O)OC. The topological polar surface area (TPSA) is 56.8 Å². The van der Waals surface area contributed by atoms with Gasteiger partial charge in [-0.25, -0.2) is 0 Å². The molecule has 5 nitrogen and oxygen atoms in total. The average molecular weight is 219 g/mol. The molecule has 0 rings (SSSR count). The van der Waals surface area contributed by atoms with Gasteiger partial charge in [0.2, 0.25) is 0 Å². The van der Waals surface area contributed by atoms with Gasteiger partial charge in [-0.15, -0.1) is 0 Å².